The Labute approximate surface area is 97.9 Å². The molecule has 5 heteroatoms. The van der Waals surface area contributed by atoms with Gasteiger partial charge in [-0.2, -0.15) is 0 Å². The van der Waals surface area contributed by atoms with Gasteiger partial charge < -0.3 is 15.0 Å². The number of hydrogen-bond acceptors (Lipinski definition) is 4. The van der Waals surface area contributed by atoms with Gasteiger partial charge in [-0.25, -0.2) is 0 Å². The van der Waals surface area contributed by atoms with Gasteiger partial charge in [-0.15, -0.1) is 0 Å². The summed E-state index contributed by atoms with van der Waals surface area (Å²) in [4.78, 5) is 10.8. The fraction of sp³-hybridized carbons (Fsp3) is 0.909. The van der Waals surface area contributed by atoms with Gasteiger partial charge in [0.25, 0.3) is 0 Å². The summed E-state index contributed by atoms with van der Waals surface area (Å²) in [7, 11) is -0.456. The molecule has 1 aliphatic carbocycles. The highest BCUT2D eigenvalue weighted by atomic mass is 16.5. The molecule has 92 valence electrons. The van der Waals surface area contributed by atoms with E-state index in [0.29, 0.717) is 0 Å². The van der Waals surface area contributed by atoms with Crippen molar-refractivity contribution in [3.63, 3.8) is 0 Å². The van der Waals surface area contributed by atoms with Crippen LogP contribution in [-0.2, 0) is 9.53 Å². The zero-order chi connectivity index (χ0) is 12.2. The molecule has 0 aromatic heterocycles. The summed E-state index contributed by atoms with van der Waals surface area (Å²) in [5.74, 6) is -0.185. The number of nitrogens with one attached hydrogen (secondary N) is 1. The molecule has 0 radical (unpaired) electrons. The van der Waals surface area contributed by atoms with Crippen molar-refractivity contribution >= 4 is 13.0 Å². The lowest BCUT2D eigenvalue weighted by atomic mass is 9.73. The summed E-state index contributed by atoms with van der Waals surface area (Å²) in [6.45, 7) is 6.22. The van der Waals surface area contributed by atoms with Crippen LogP contribution in [0.5, 0.6) is 0 Å². The van der Waals surface area contributed by atoms with E-state index in [-0.39, 0.29) is 17.5 Å². The van der Waals surface area contributed by atoms with Crippen LogP contribution in [0.3, 0.4) is 0 Å². The summed E-state index contributed by atoms with van der Waals surface area (Å²) >= 11 is 0. The zero-order valence-corrected chi connectivity index (χ0v) is 10.5. The molecule has 0 aromatic carbocycles. The Morgan fingerprint density at radius 1 is 1.56 bits per heavy atom. The second-order valence-electron chi connectivity index (χ2n) is 5.18. The molecule has 16 heavy (non-hydrogen) atoms. The lowest BCUT2D eigenvalue weighted by Crippen LogP contribution is -2.42. The van der Waals surface area contributed by atoms with Gasteiger partial charge in [-0.3, -0.25) is 4.79 Å². The zero-order valence-electron chi connectivity index (χ0n) is 10.5. The van der Waals surface area contributed by atoms with E-state index in [1.807, 2.05) is 0 Å². The minimum Gasteiger partial charge on any atom is -0.463 e. The first-order valence-electron chi connectivity index (χ1n) is 6.00. The Bertz CT molecular complexity index is 237. The Hall–Kier alpha value is -0.545. The van der Waals surface area contributed by atoms with Crippen LogP contribution in [-0.4, -0.2) is 30.7 Å². The lowest BCUT2D eigenvalue weighted by Gasteiger charge is -2.37. The van der Waals surface area contributed by atoms with Gasteiger partial charge in [-0.1, -0.05) is 6.92 Å². The van der Waals surface area contributed by atoms with Crippen LogP contribution in [0.4, 0.5) is 0 Å². The van der Waals surface area contributed by atoms with Crippen molar-refractivity contribution < 1.29 is 14.6 Å². The predicted molar refractivity (Wildman–Crippen MR) is 64.0 cm³/mol. The molecule has 0 spiro atoms. The molecule has 4 nitrogen and oxygen atoms in total. The number of rotatable bonds is 4. The molecular weight excluding hydrogens is 205 g/mol. The van der Waals surface area contributed by atoms with Crippen molar-refractivity contribution in [3.8, 4) is 0 Å². The average molecular weight is 227 g/mol. The molecule has 0 unspecified atom stereocenters. The number of ether oxygens (including phenoxy) is 1. The van der Waals surface area contributed by atoms with Gasteiger partial charge in [-0.05, 0) is 44.5 Å². The SMILES string of the molecule is CB(O)NCC1(C)CCC(OC(C)=O)CC1. The van der Waals surface area contributed by atoms with Crippen molar-refractivity contribution in [2.45, 2.75) is 52.5 Å². The van der Waals surface area contributed by atoms with Gasteiger partial charge in [0.15, 0.2) is 0 Å². The minimum atomic E-state index is -0.456. The normalized spacial score (nSPS) is 29.9. The van der Waals surface area contributed by atoms with E-state index < -0.39 is 7.05 Å². The summed E-state index contributed by atoms with van der Waals surface area (Å²) in [5, 5.41) is 12.2. The summed E-state index contributed by atoms with van der Waals surface area (Å²) in [6.07, 6.45) is 4.02. The fourth-order valence-electron chi connectivity index (χ4n) is 2.21. The van der Waals surface area contributed by atoms with Crippen LogP contribution < -0.4 is 5.23 Å². The molecule has 1 fully saturated rings. The molecule has 0 aromatic rings. The molecular formula is C11H22BNO3. The maximum absolute atomic E-state index is 10.8. The molecule has 1 aliphatic rings. The van der Waals surface area contributed by atoms with Crippen LogP contribution in [0.25, 0.3) is 0 Å². The van der Waals surface area contributed by atoms with Crippen LogP contribution in [0.1, 0.15) is 39.5 Å². The van der Waals surface area contributed by atoms with Crippen molar-refractivity contribution in [3.05, 3.63) is 0 Å². The van der Waals surface area contributed by atoms with E-state index in [2.05, 4.69) is 12.2 Å². The molecule has 1 saturated carbocycles. The maximum atomic E-state index is 10.8. The summed E-state index contributed by atoms with van der Waals surface area (Å²) < 4.78 is 5.20. The predicted octanol–water partition coefficient (Wildman–Crippen LogP) is 1.20. The average Bonchev–Trinajstić information content (AvgIpc) is 2.19. The number of carbonyl (C=O) groups is 1. The van der Waals surface area contributed by atoms with Gasteiger partial charge >= 0.3 is 13.0 Å². The van der Waals surface area contributed by atoms with Crippen molar-refractivity contribution in [2.24, 2.45) is 5.41 Å². The van der Waals surface area contributed by atoms with Crippen molar-refractivity contribution in [2.75, 3.05) is 6.54 Å². The molecule has 0 atom stereocenters. The Balaban J connectivity index is 2.32. The third-order valence-electron chi connectivity index (χ3n) is 3.30. The second kappa shape index (κ2) is 5.68. The highest BCUT2D eigenvalue weighted by Gasteiger charge is 2.32. The third-order valence-corrected chi connectivity index (χ3v) is 3.30. The third kappa shape index (κ3) is 4.53. The summed E-state index contributed by atoms with van der Waals surface area (Å²) in [5.41, 5.74) is 0.216. The largest absolute Gasteiger partial charge is 0.463 e. The molecule has 0 saturated heterocycles. The first-order chi connectivity index (χ1) is 7.41. The highest BCUT2D eigenvalue weighted by Crippen LogP contribution is 2.36. The minimum absolute atomic E-state index is 0.0946. The van der Waals surface area contributed by atoms with Crippen LogP contribution in [0.15, 0.2) is 0 Å². The molecule has 0 heterocycles. The number of hydrogen-bond donors (Lipinski definition) is 2. The molecule has 2 N–H and O–H groups in total. The smallest absolute Gasteiger partial charge is 0.373 e. The standard InChI is InChI=1S/C11H22BNO3/c1-9(14)16-10-4-6-11(2,7-5-10)8-13-12(3)15/h10,13,15H,4-8H2,1-3H3. The summed E-state index contributed by atoms with van der Waals surface area (Å²) in [6, 6.07) is 0. The van der Waals surface area contributed by atoms with Crippen LogP contribution in [0.2, 0.25) is 6.82 Å². The molecule has 0 amide bonds. The Kier molecular flexibility index (Phi) is 4.80. The lowest BCUT2D eigenvalue weighted by molar-refractivity contribution is -0.148. The highest BCUT2D eigenvalue weighted by molar-refractivity contribution is 6.45. The van der Waals surface area contributed by atoms with E-state index in [0.717, 1.165) is 32.2 Å². The second-order valence-corrected chi connectivity index (χ2v) is 5.18. The van der Waals surface area contributed by atoms with Gasteiger partial charge in [0, 0.05) is 6.92 Å². The topological polar surface area (TPSA) is 58.6 Å². The van der Waals surface area contributed by atoms with Crippen LogP contribution >= 0.6 is 0 Å². The quantitative estimate of drug-likeness (QED) is 0.559. The Morgan fingerprint density at radius 2 is 2.12 bits per heavy atom. The molecule has 0 aliphatic heterocycles. The van der Waals surface area contributed by atoms with Crippen molar-refractivity contribution in [1.29, 1.82) is 0 Å². The van der Waals surface area contributed by atoms with E-state index in [1.54, 1.807) is 6.82 Å². The Morgan fingerprint density at radius 3 is 2.56 bits per heavy atom. The number of carbonyl (C=O) groups excluding carboxylic acids is 1. The van der Waals surface area contributed by atoms with Gasteiger partial charge in [0.05, 0.1) is 0 Å². The van der Waals surface area contributed by atoms with Crippen LogP contribution in [0, 0.1) is 5.41 Å². The van der Waals surface area contributed by atoms with Gasteiger partial charge in [0.1, 0.15) is 6.10 Å². The van der Waals surface area contributed by atoms with Crippen molar-refractivity contribution in [1.82, 2.24) is 5.23 Å². The number of esters is 1. The molecule has 1 rings (SSSR count). The molecule has 0 bridgehead atoms. The van der Waals surface area contributed by atoms with Gasteiger partial charge in [0.2, 0.25) is 0 Å². The first kappa shape index (κ1) is 13.5. The fourth-order valence-corrected chi connectivity index (χ4v) is 2.21. The van der Waals surface area contributed by atoms with E-state index in [1.165, 1.54) is 6.92 Å². The first-order valence-corrected chi connectivity index (χ1v) is 6.00. The van der Waals surface area contributed by atoms with E-state index in [4.69, 9.17) is 4.74 Å². The maximum Gasteiger partial charge on any atom is 0.373 e. The van der Waals surface area contributed by atoms with E-state index >= 15 is 0 Å². The monoisotopic (exact) mass is 227 g/mol. The van der Waals surface area contributed by atoms with E-state index in [9.17, 15) is 9.82 Å².